The van der Waals surface area contributed by atoms with Crippen molar-refractivity contribution in [1.29, 1.82) is 0 Å². The van der Waals surface area contributed by atoms with E-state index < -0.39 is 0 Å². The van der Waals surface area contributed by atoms with E-state index in [0.717, 1.165) is 12.2 Å². The second kappa shape index (κ2) is 4.15. The third kappa shape index (κ3) is 2.26. The van der Waals surface area contributed by atoms with Crippen LogP contribution in [0.5, 0.6) is 5.75 Å². The molecule has 12 heavy (non-hydrogen) atoms. The maximum Gasteiger partial charge on any atom is 1.00 e. The van der Waals surface area contributed by atoms with Gasteiger partial charge in [0.2, 0.25) is 0 Å². The van der Waals surface area contributed by atoms with Crippen LogP contribution in [0.1, 0.15) is 20.8 Å². The summed E-state index contributed by atoms with van der Waals surface area (Å²) in [5, 5.41) is 0. The Kier molecular flexibility index (Phi) is 3.15. The van der Waals surface area contributed by atoms with Gasteiger partial charge >= 0.3 is 1.43 Å². The summed E-state index contributed by atoms with van der Waals surface area (Å²) < 4.78 is 5.21. The number of hydrogen-bond donors (Lipinski definition) is 0. The molecule has 1 rings (SSSR count). The van der Waals surface area contributed by atoms with Gasteiger partial charge in [0, 0.05) is 0 Å². The van der Waals surface area contributed by atoms with E-state index in [-0.39, 0.29) is 1.43 Å². The fourth-order valence-electron chi connectivity index (χ4n) is 1.25. The third-order valence-corrected chi connectivity index (χ3v) is 1.76. The van der Waals surface area contributed by atoms with E-state index in [9.17, 15) is 0 Å². The van der Waals surface area contributed by atoms with Gasteiger partial charge in [-0.05, 0) is 30.0 Å². The smallest absolute Gasteiger partial charge is 0.496 e. The number of methoxy groups -OCH3 is 1. The van der Waals surface area contributed by atoms with E-state index in [1.807, 2.05) is 12.1 Å². The number of ether oxygens (including phenoxy) is 1. The van der Waals surface area contributed by atoms with Crippen LogP contribution in [0.3, 0.4) is 0 Å². The largest absolute Gasteiger partial charge is 1.00 e. The van der Waals surface area contributed by atoms with Gasteiger partial charge in [-0.25, -0.2) is 0 Å². The summed E-state index contributed by atoms with van der Waals surface area (Å²) in [7, 11) is 1.70. The zero-order valence-electron chi connectivity index (χ0n) is 8.92. The van der Waals surface area contributed by atoms with Crippen molar-refractivity contribution in [2.75, 3.05) is 7.11 Å². The van der Waals surface area contributed by atoms with Gasteiger partial charge in [0.15, 0.2) is 0 Å². The van der Waals surface area contributed by atoms with Crippen LogP contribution in [0.15, 0.2) is 18.2 Å². The highest BCUT2D eigenvalue weighted by atomic mass is 16.5. The van der Waals surface area contributed by atoms with Crippen molar-refractivity contribution < 1.29 is 6.16 Å². The van der Waals surface area contributed by atoms with Gasteiger partial charge in [0.1, 0.15) is 5.75 Å². The Labute approximate surface area is 75.9 Å². The second-order valence-corrected chi connectivity index (χ2v) is 3.34. The molecule has 0 atom stereocenters. The second-order valence-electron chi connectivity index (χ2n) is 3.34. The minimum atomic E-state index is 0. The molecule has 0 fully saturated rings. The maximum absolute atomic E-state index is 5.21. The van der Waals surface area contributed by atoms with E-state index in [1.54, 1.807) is 7.11 Å². The van der Waals surface area contributed by atoms with E-state index in [2.05, 4.69) is 26.0 Å². The molecule has 0 bridgehead atoms. The predicted octanol–water partition coefficient (Wildman–Crippen LogP) is 2.81. The Morgan fingerprint density at radius 2 is 2.33 bits per heavy atom. The first kappa shape index (κ1) is 9.11. The van der Waals surface area contributed by atoms with Gasteiger partial charge in [-0.3, -0.25) is 0 Å². The van der Waals surface area contributed by atoms with Crippen molar-refractivity contribution in [3.8, 4) is 5.75 Å². The first-order valence-electron chi connectivity index (χ1n) is 4.27. The molecule has 0 aromatic heterocycles. The lowest BCUT2D eigenvalue weighted by Gasteiger charge is -2.09. The van der Waals surface area contributed by atoms with Crippen molar-refractivity contribution in [3.05, 3.63) is 29.8 Å². The molecule has 0 aliphatic heterocycles. The van der Waals surface area contributed by atoms with Gasteiger partial charge in [-0.15, -0.1) is 0 Å². The van der Waals surface area contributed by atoms with Crippen molar-refractivity contribution in [2.45, 2.75) is 20.3 Å². The van der Waals surface area contributed by atoms with Gasteiger partial charge in [-0.2, -0.15) is 0 Å². The molecule has 0 saturated heterocycles. The number of hydrogen-bond acceptors (Lipinski definition) is 1. The van der Waals surface area contributed by atoms with Gasteiger partial charge in [0.25, 0.3) is 0 Å². The van der Waals surface area contributed by atoms with Crippen LogP contribution in [0.25, 0.3) is 0 Å². The van der Waals surface area contributed by atoms with Crippen molar-refractivity contribution in [2.24, 2.45) is 5.92 Å². The zero-order chi connectivity index (χ0) is 8.97. The van der Waals surface area contributed by atoms with E-state index in [4.69, 9.17) is 4.74 Å². The van der Waals surface area contributed by atoms with Crippen molar-refractivity contribution in [3.63, 3.8) is 0 Å². The molecule has 0 N–H and O–H groups in total. The molecule has 1 radical (unpaired) electrons. The van der Waals surface area contributed by atoms with E-state index >= 15 is 0 Å². The molecule has 0 amide bonds. The minimum Gasteiger partial charge on any atom is -0.496 e. The highest BCUT2D eigenvalue weighted by molar-refractivity contribution is 5.32. The summed E-state index contributed by atoms with van der Waals surface area (Å²) in [6, 6.07) is 8.89. The quantitative estimate of drug-likeness (QED) is 0.667. The monoisotopic (exact) mass is 164 g/mol. The van der Waals surface area contributed by atoms with Gasteiger partial charge in [0.05, 0.1) is 7.11 Å². The molecular formula is C11H16O+. The molecule has 0 heterocycles. The molecule has 0 aliphatic carbocycles. The third-order valence-electron chi connectivity index (χ3n) is 1.76. The highest BCUT2D eigenvalue weighted by Crippen LogP contribution is 2.19. The van der Waals surface area contributed by atoms with Crippen LogP contribution in [0, 0.1) is 12.0 Å². The van der Waals surface area contributed by atoms with Crippen molar-refractivity contribution in [1.82, 2.24) is 0 Å². The van der Waals surface area contributed by atoms with Crippen LogP contribution < -0.4 is 4.74 Å². The zero-order valence-corrected chi connectivity index (χ0v) is 7.92. The molecule has 1 aromatic carbocycles. The lowest BCUT2D eigenvalue weighted by Crippen LogP contribution is -1.97. The van der Waals surface area contributed by atoms with Crippen LogP contribution in [0.4, 0.5) is 0 Å². The average molecular weight is 164 g/mol. The average Bonchev–Trinajstić information content (AvgIpc) is 2.04. The fourth-order valence-corrected chi connectivity index (χ4v) is 1.25. The van der Waals surface area contributed by atoms with Crippen LogP contribution in [-0.2, 0) is 6.42 Å². The minimum absolute atomic E-state index is 0. The van der Waals surface area contributed by atoms with Crippen LogP contribution in [-0.4, -0.2) is 7.11 Å². The maximum atomic E-state index is 5.21. The molecule has 1 nitrogen and oxygen atoms in total. The van der Waals surface area contributed by atoms with Crippen molar-refractivity contribution >= 4 is 0 Å². The predicted molar refractivity (Wildman–Crippen MR) is 51.5 cm³/mol. The summed E-state index contributed by atoms with van der Waals surface area (Å²) in [6.07, 6.45) is 1.07. The molecule has 0 spiro atoms. The summed E-state index contributed by atoms with van der Waals surface area (Å²) in [4.78, 5) is 0. The number of rotatable bonds is 3. The SMILES string of the molecule is COc1c[c]ccc1CC(C)C.[H+]. The summed E-state index contributed by atoms with van der Waals surface area (Å²) in [5.74, 6) is 1.62. The lowest BCUT2D eigenvalue weighted by atomic mass is 10.0. The summed E-state index contributed by atoms with van der Waals surface area (Å²) >= 11 is 0. The molecule has 1 aromatic rings. The lowest BCUT2D eigenvalue weighted by molar-refractivity contribution is 0.406. The molecule has 0 unspecified atom stereocenters. The first-order chi connectivity index (χ1) is 5.74. The van der Waals surface area contributed by atoms with Gasteiger partial charge < -0.3 is 4.74 Å². The Balaban J connectivity index is 0.00000144. The summed E-state index contributed by atoms with van der Waals surface area (Å²) in [5.41, 5.74) is 1.27. The number of benzene rings is 1. The first-order valence-corrected chi connectivity index (χ1v) is 4.27. The Morgan fingerprint density at radius 1 is 1.58 bits per heavy atom. The molecule has 1 heteroatoms. The normalized spacial score (nSPS) is 10.3. The topological polar surface area (TPSA) is 9.23 Å². The standard InChI is InChI=1S/C11H15O/c1-9(2)8-10-6-4-5-7-11(10)12-3/h4,6-7,9H,8H2,1-3H3/p+1. The fraction of sp³-hybridized carbons (Fsp3) is 0.455. The van der Waals surface area contributed by atoms with Gasteiger partial charge in [-0.1, -0.05) is 26.0 Å². The van der Waals surface area contributed by atoms with Crippen LogP contribution >= 0.6 is 0 Å². The Hall–Kier alpha value is -0.980. The van der Waals surface area contributed by atoms with E-state index in [1.165, 1.54) is 5.56 Å². The Bertz CT molecular complexity index is 246. The molecular weight excluding hydrogens is 148 g/mol. The van der Waals surface area contributed by atoms with E-state index in [0.29, 0.717) is 5.92 Å². The van der Waals surface area contributed by atoms with Crippen LogP contribution in [0.2, 0.25) is 0 Å². The molecule has 65 valence electrons. The molecule has 0 aliphatic rings. The summed E-state index contributed by atoms with van der Waals surface area (Å²) in [6.45, 7) is 4.41. The Morgan fingerprint density at radius 3 is 2.92 bits per heavy atom. The highest BCUT2D eigenvalue weighted by Gasteiger charge is 2.02. The molecule has 0 saturated carbocycles.